The number of para-hydroxylation sites is 4. The first kappa shape index (κ1) is 31.9. The van der Waals surface area contributed by atoms with E-state index in [-0.39, 0.29) is 0 Å². The van der Waals surface area contributed by atoms with Crippen molar-refractivity contribution in [3.63, 3.8) is 0 Å². The maximum atomic E-state index is 5.21. The van der Waals surface area contributed by atoms with E-state index >= 15 is 0 Å². The highest BCUT2D eigenvalue weighted by Crippen LogP contribution is 2.46. The molecule has 0 atom stereocenters. The molecule has 0 saturated heterocycles. The van der Waals surface area contributed by atoms with E-state index in [9.17, 15) is 0 Å². The predicted octanol–water partition coefficient (Wildman–Crippen LogP) is 13.4. The van der Waals surface area contributed by atoms with Gasteiger partial charge in [-0.1, -0.05) is 133 Å². The molecule has 0 aliphatic heterocycles. The summed E-state index contributed by atoms with van der Waals surface area (Å²) in [6, 6.07) is 66.6. The second-order valence-electron chi connectivity index (χ2n) is 14.4. The second-order valence-corrected chi connectivity index (χ2v) is 15.5. The highest BCUT2D eigenvalue weighted by molar-refractivity contribution is 7.26. The quantitative estimate of drug-likeness (QED) is 0.176. The zero-order valence-corrected chi connectivity index (χ0v) is 31.4. The van der Waals surface area contributed by atoms with Crippen LogP contribution in [-0.4, -0.2) is 24.1 Å². The average Bonchev–Trinajstić information content (AvgIpc) is 3.94. The number of hydrogen-bond acceptors (Lipinski definition) is 4. The average molecular weight is 746 g/mol. The molecule has 0 amide bonds. The van der Waals surface area contributed by atoms with Crippen molar-refractivity contribution >= 4 is 75.1 Å². The third-order valence-electron chi connectivity index (χ3n) is 11.2. The summed E-state index contributed by atoms with van der Waals surface area (Å²) in [6.07, 6.45) is 0. The Morgan fingerprint density at radius 3 is 1.56 bits per heavy atom. The molecule has 0 bridgehead atoms. The minimum atomic E-state index is 0.633. The van der Waals surface area contributed by atoms with Gasteiger partial charge >= 0.3 is 0 Å². The largest absolute Gasteiger partial charge is 0.309 e. The van der Waals surface area contributed by atoms with Gasteiger partial charge in [0.25, 0.3) is 0 Å². The van der Waals surface area contributed by atoms with Gasteiger partial charge in [0.1, 0.15) is 0 Å². The molecule has 4 aromatic heterocycles. The van der Waals surface area contributed by atoms with Crippen LogP contribution in [0, 0.1) is 0 Å². The Morgan fingerprint density at radius 1 is 0.351 bits per heavy atom. The molecule has 0 spiro atoms. The second kappa shape index (κ2) is 12.6. The molecule has 266 valence electrons. The lowest BCUT2D eigenvalue weighted by molar-refractivity contribution is 1.07. The highest BCUT2D eigenvalue weighted by atomic mass is 32.1. The van der Waals surface area contributed by atoms with Gasteiger partial charge in [-0.15, -0.1) is 11.3 Å². The van der Waals surface area contributed by atoms with Crippen molar-refractivity contribution in [3.8, 4) is 45.5 Å². The van der Waals surface area contributed by atoms with Crippen molar-refractivity contribution in [2.24, 2.45) is 0 Å². The maximum absolute atomic E-state index is 5.21. The molecular weight excluding hydrogens is 715 g/mol. The molecule has 0 unspecified atom stereocenters. The van der Waals surface area contributed by atoms with Crippen molar-refractivity contribution in [1.29, 1.82) is 0 Å². The van der Waals surface area contributed by atoms with Gasteiger partial charge in [0.05, 0.1) is 22.1 Å². The van der Waals surface area contributed by atoms with Crippen molar-refractivity contribution in [1.82, 2.24) is 24.1 Å². The third kappa shape index (κ3) is 4.91. The van der Waals surface area contributed by atoms with E-state index in [1.54, 1.807) is 0 Å². The number of benzene rings is 8. The highest BCUT2D eigenvalue weighted by Gasteiger charge is 2.23. The predicted molar refractivity (Wildman–Crippen MR) is 238 cm³/mol. The van der Waals surface area contributed by atoms with Gasteiger partial charge in [-0.2, -0.15) is 0 Å². The standard InChI is InChI=1S/C51H31N5S/c1-4-15-32(16-5-1)49-52-50(33-17-6-2-7-18-33)54-51(53-49)40-24-14-23-38-39-28-30-45-46(48(39)56(47(38)40)34-19-8-3-9-20-34)41-31-35(27-29-44(41)57-45)55-42-25-12-10-21-36(42)37-22-11-13-26-43(37)55/h1-31H. The molecule has 12 rings (SSSR count). The van der Waals surface area contributed by atoms with Crippen molar-refractivity contribution in [2.45, 2.75) is 0 Å². The summed E-state index contributed by atoms with van der Waals surface area (Å²) in [7, 11) is 0. The molecule has 0 N–H and O–H groups in total. The van der Waals surface area contributed by atoms with Crippen molar-refractivity contribution in [3.05, 3.63) is 188 Å². The monoisotopic (exact) mass is 745 g/mol. The van der Waals surface area contributed by atoms with Crippen LogP contribution in [0.15, 0.2) is 188 Å². The van der Waals surface area contributed by atoms with E-state index in [1.165, 1.54) is 52.9 Å². The van der Waals surface area contributed by atoms with Gasteiger partial charge in [0.2, 0.25) is 0 Å². The first-order valence-electron chi connectivity index (χ1n) is 19.1. The van der Waals surface area contributed by atoms with E-state index < -0.39 is 0 Å². The third-order valence-corrected chi connectivity index (χ3v) is 12.3. The van der Waals surface area contributed by atoms with E-state index in [4.69, 9.17) is 15.0 Å². The summed E-state index contributed by atoms with van der Waals surface area (Å²) in [4.78, 5) is 15.4. The van der Waals surface area contributed by atoms with Gasteiger partial charge in [0, 0.05) is 69.8 Å². The summed E-state index contributed by atoms with van der Waals surface area (Å²) in [6.45, 7) is 0. The van der Waals surface area contributed by atoms with Crippen LogP contribution in [0.2, 0.25) is 0 Å². The van der Waals surface area contributed by atoms with E-state index in [0.29, 0.717) is 17.5 Å². The van der Waals surface area contributed by atoms with Gasteiger partial charge in [0.15, 0.2) is 17.5 Å². The Hall–Kier alpha value is -7.41. The molecule has 4 heterocycles. The smallest absolute Gasteiger partial charge is 0.166 e. The molecule has 0 aliphatic carbocycles. The molecule has 5 nitrogen and oxygen atoms in total. The number of thiophene rings is 1. The fraction of sp³-hybridized carbons (Fsp3) is 0. The van der Waals surface area contributed by atoms with Crippen LogP contribution >= 0.6 is 11.3 Å². The van der Waals surface area contributed by atoms with Crippen molar-refractivity contribution < 1.29 is 0 Å². The molecule has 0 saturated carbocycles. The maximum Gasteiger partial charge on any atom is 0.166 e. The molecule has 12 aromatic rings. The molecule has 0 aliphatic rings. The Labute approximate surface area is 331 Å². The summed E-state index contributed by atoms with van der Waals surface area (Å²) in [5.74, 6) is 1.92. The lowest BCUT2D eigenvalue weighted by Gasteiger charge is -2.13. The first-order chi connectivity index (χ1) is 28.3. The van der Waals surface area contributed by atoms with E-state index in [1.807, 2.05) is 47.7 Å². The van der Waals surface area contributed by atoms with Crippen LogP contribution in [0.3, 0.4) is 0 Å². The Balaban J connectivity index is 1.19. The van der Waals surface area contributed by atoms with Crippen LogP contribution in [0.4, 0.5) is 0 Å². The molecular formula is C51H31N5S. The summed E-state index contributed by atoms with van der Waals surface area (Å²) < 4.78 is 7.35. The van der Waals surface area contributed by atoms with E-state index in [2.05, 4.69) is 161 Å². The minimum Gasteiger partial charge on any atom is -0.309 e. The lowest BCUT2D eigenvalue weighted by atomic mass is 10.1. The van der Waals surface area contributed by atoms with Crippen LogP contribution in [-0.2, 0) is 0 Å². The zero-order chi connectivity index (χ0) is 37.5. The Morgan fingerprint density at radius 2 is 0.895 bits per heavy atom. The molecule has 8 aromatic carbocycles. The number of hydrogen-bond donors (Lipinski definition) is 0. The van der Waals surface area contributed by atoms with Crippen LogP contribution in [0.5, 0.6) is 0 Å². The van der Waals surface area contributed by atoms with Crippen LogP contribution < -0.4 is 0 Å². The van der Waals surface area contributed by atoms with Gasteiger partial charge in [-0.3, -0.25) is 0 Å². The van der Waals surface area contributed by atoms with E-state index in [0.717, 1.165) is 39.0 Å². The van der Waals surface area contributed by atoms with Crippen LogP contribution in [0.1, 0.15) is 0 Å². The first-order valence-corrected chi connectivity index (χ1v) is 19.9. The number of fused-ring (bicyclic) bond motifs is 10. The fourth-order valence-electron chi connectivity index (χ4n) is 8.69. The summed E-state index contributed by atoms with van der Waals surface area (Å²) >= 11 is 1.85. The Kier molecular flexibility index (Phi) is 7.03. The molecule has 0 fully saturated rings. The topological polar surface area (TPSA) is 48.5 Å². The number of nitrogens with zero attached hydrogens (tertiary/aromatic N) is 5. The Bertz CT molecular complexity index is 3400. The summed E-state index contributed by atoms with van der Waals surface area (Å²) in [5.41, 5.74) is 9.70. The molecule has 6 heteroatoms. The van der Waals surface area contributed by atoms with Gasteiger partial charge < -0.3 is 9.13 Å². The minimum absolute atomic E-state index is 0.633. The molecule has 0 radical (unpaired) electrons. The normalized spacial score (nSPS) is 11.9. The summed E-state index contributed by atoms with van der Waals surface area (Å²) in [5, 5.41) is 7.32. The zero-order valence-electron chi connectivity index (χ0n) is 30.5. The van der Waals surface area contributed by atoms with Crippen LogP contribution in [0.25, 0.3) is 109 Å². The SMILES string of the molecule is c1ccc(-c2nc(-c3ccccc3)nc(-c3cccc4c5ccc6sc7ccc(-n8c9ccccc9c9ccccc98)cc7c6c5n(-c5ccccc5)c34)n2)cc1. The number of aromatic nitrogens is 5. The van der Waals surface area contributed by atoms with Crippen molar-refractivity contribution in [2.75, 3.05) is 0 Å². The van der Waals surface area contributed by atoms with Gasteiger partial charge in [-0.05, 0) is 54.6 Å². The van der Waals surface area contributed by atoms with Gasteiger partial charge in [-0.25, -0.2) is 15.0 Å². The fourth-order valence-corrected chi connectivity index (χ4v) is 9.78. The molecule has 57 heavy (non-hydrogen) atoms. The number of rotatable bonds is 5. The lowest BCUT2D eigenvalue weighted by Crippen LogP contribution is -2.02.